The summed E-state index contributed by atoms with van der Waals surface area (Å²) in [5.41, 5.74) is 4.02. The molecule has 2 aromatic rings. The molecule has 0 saturated carbocycles. The van der Waals surface area contributed by atoms with Crippen LogP contribution in [0.1, 0.15) is 32.1 Å². The van der Waals surface area contributed by atoms with Crippen LogP contribution < -0.4 is 0 Å². The topological polar surface area (TPSA) is 25.5 Å². The quantitative estimate of drug-likeness (QED) is 0.668. The number of rotatable bonds is 3. The van der Waals surface area contributed by atoms with E-state index in [9.17, 15) is 0 Å². The molecule has 2 nitrogen and oxygen atoms in total. The van der Waals surface area contributed by atoms with Gasteiger partial charge in [-0.3, -0.25) is 4.99 Å². The molecule has 2 rings (SSSR count). The van der Waals surface area contributed by atoms with E-state index < -0.39 is 0 Å². The molecule has 0 N–H and O–H groups in total. The minimum absolute atomic E-state index is 0.855. The fraction of sp³-hybridized carbons (Fsp3) is 0.235. The number of aryl methyl sites for hydroxylation is 1. The highest BCUT2D eigenvalue weighted by Crippen LogP contribution is 2.33. The Balaban J connectivity index is 2.57. The van der Waals surface area contributed by atoms with Crippen molar-refractivity contribution in [2.24, 2.45) is 4.99 Å². The van der Waals surface area contributed by atoms with E-state index in [4.69, 9.17) is 4.42 Å². The average molecular weight is 253 g/mol. The number of hydrogen-bond donors (Lipinski definition) is 0. The zero-order valence-electron chi connectivity index (χ0n) is 11.9. The maximum atomic E-state index is 5.92. The maximum absolute atomic E-state index is 5.92. The molecule has 0 spiro atoms. The summed E-state index contributed by atoms with van der Waals surface area (Å²) in [6, 6.07) is 6.06. The molecule has 19 heavy (non-hydrogen) atoms. The van der Waals surface area contributed by atoms with Gasteiger partial charge >= 0.3 is 0 Å². The monoisotopic (exact) mass is 253 g/mol. The lowest BCUT2D eigenvalue weighted by molar-refractivity contribution is 0.602. The average Bonchev–Trinajstić information content (AvgIpc) is 2.74. The molecule has 2 heteroatoms. The summed E-state index contributed by atoms with van der Waals surface area (Å²) in [5, 5.41) is 1.13. The van der Waals surface area contributed by atoms with Crippen LogP contribution in [0.15, 0.2) is 45.3 Å². The summed E-state index contributed by atoms with van der Waals surface area (Å²) >= 11 is 0. The van der Waals surface area contributed by atoms with Crippen LogP contribution >= 0.6 is 0 Å². The van der Waals surface area contributed by atoms with E-state index >= 15 is 0 Å². The SMILES string of the molecule is C/C=C\c1oc2c(N=C/C(C)=C\C)cccc2c1C. The van der Waals surface area contributed by atoms with Gasteiger partial charge in [0.2, 0.25) is 0 Å². The van der Waals surface area contributed by atoms with Crippen LogP contribution in [0.2, 0.25) is 0 Å². The smallest absolute Gasteiger partial charge is 0.160 e. The van der Waals surface area contributed by atoms with E-state index in [0.717, 1.165) is 33.6 Å². The highest BCUT2D eigenvalue weighted by Gasteiger charge is 2.10. The summed E-state index contributed by atoms with van der Waals surface area (Å²) < 4.78 is 5.92. The zero-order chi connectivity index (χ0) is 13.8. The first-order chi connectivity index (χ1) is 9.17. The van der Waals surface area contributed by atoms with Crippen LogP contribution in [-0.4, -0.2) is 6.21 Å². The number of nitrogens with zero attached hydrogens (tertiary/aromatic N) is 1. The molecule has 0 fully saturated rings. The summed E-state index contributed by atoms with van der Waals surface area (Å²) in [6.45, 7) is 8.10. The molecule has 0 aliphatic heterocycles. The van der Waals surface area contributed by atoms with Crippen molar-refractivity contribution in [2.75, 3.05) is 0 Å². The Kier molecular flexibility index (Phi) is 4.00. The van der Waals surface area contributed by atoms with Crippen LogP contribution in [0.3, 0.4) is 0 Å². The van der Waals surface area contributed by atoms with Gasteiger partial charge in [-0.15, -0.1) is 0 Å². The van der Waals surface area contributed by atoms with Gasteiger partial charge in [-0.25, -0.2) is 0 Å². The van der Waals surface area contributed by atoms with E-state index in [1.54, 1.807) is 0 Å². The summed E-state index contributed by atoms with van der Waals surface area (Å²) in [7, 11) is 0. The largest absolute Gasteiger partial charge is 0.454 e. The van der Waals surface area contributed by atoms with E-state index in [1.807, 2.05) is 57.3 Å². The highest BCUT2D eigenvalue weighted by atomic mass is 16.3. The third-order valence-corrected chi connectivity index (χ3v) is 3.16. The van der Waals surface area contributed by atoms with Gasteiger partial charge in [0.05, 0.1) is 0 Å². The lowest BCUT2D eigenvalue weighted by atomic mass is 10.1. The second-order valence-electron chi connectivity index (χ2n) is 4.54. The van der Waals surface area contributed by atoms with Gasteiger partial charge in [0.1, 0.15) is 11.4 Å². The van der Waals surface area contributed by atoms with Crippen LogP contribution in [0.25, 0.3) is 17.0 Å². The van der Waals surface area contributed by atoms with Crippen molar-refractivity contribution in [1.29, 1.82) is 0 Å². The number of fused-ring (bicyclic) bond motifs is 1. The standard InChI is InChI=1S/C17H19NO/c1-5-8-16-13(4)14-9-7-10-15(17(14)19-16)18-11-12(3)6-2/h5-11H,1-4H3/b8-5-,12-6-,18-11?. The molecular formula is C17H19NO. The minimum Gasteiger partial charge on any atom is -0.454 e. The molecule has 1 heterocycles. The van der Waals surface area contributed by atoms with Crippen molar-refractivity contribution in [3.8, 4) is 0 Å². The Morgan fingerprint density at radius 3 is 2.74 bits per heavy atom. The van der Waals surface area contributed by atoms with Gasteiger partial charge in [0.25, 0.3) is 0 Å². The molecule has 1 aromatic carbocycles. The molecule has 0 saturated heterocycles. The van der Waals surface area contributed by atoms with Crippen LogP contribution in [-0.2, 0) is 0 Å². The number of furan rings is 1. The van der Waals surface area contributed by atoms with Gasteiger partial charge in [-0.1, -0.05) is 24.3 Å². The van der Waals surface area contributed by atoms with E-state index in [2.05, 4.69) is 18.0 Å². The third kappa shape index (κ3) is 2.68. The molecule has 0 aliphatic carbocycles. The van der Waals surface area contributed by atoms with Crippen molar-refractivity contribution < 1.29 is 4.42 Å². The normalized spacial score (nSPS) is 13.2. The molecule has 98 valence electrons. The predicted octanol–water partition coefficient (Wildman–Crippen LogP) is 5.44. The molecule has 0 atom stereocenters. The second-order valence-corrected chi connectivity index (χ2v) is 4.54. The summed E-state index contributed by atoms with van der Waals surface area (Å²) in [4.78, 5) is 4.51. The lowest BCUT2D eigenvalue weighted by Gasteiger charge is -1.95. The van der Waals surface area contributed by atoms with Crippen LogP contribution in [0, 0.1) is 6.92 Å². The van der Waals surface area contributed by atoms with Gasteiger partial charge in [0, 0.05) is 17.2 Å². The molecular weight excluding hydrogens is 234 g/mol. The van der Waals surface area contributed by atoms with Gasteiger partial charge in [-0.2, -0.15) is 0 Å². The first-order valence-corrected chi connectivity index (χ1v) is 6.49. The number of benzene rings is 1. The van der Waals surface area contributed by atoms with Crippen molar-refractivity contribution in [2.45, 2.75) is 27.7 Å². The predicted molar refractivity (Wildman–Crippen MR) is 83.2 cm³/mol. The molecule has 1 aromatic heterocycles. The van der Waals surface area contributed by atoms with E-state index in [0.29, 0.717) is 0 Å². The first kappa shape index (κ1) is 13.3. The third-order valence-electron chi connectivity index (χ3n) is 3.16. The Hall–Kier alpha value is -2.09. The molecule has 0 aliphatic rings. The fourth-order valence-corrected chi connectivity index (χ4v) is 1.90. The molecule has 0 radical (unpaired) electrons. The minimum atomic E-state index is 0.855. The Labute approximate surface area is 114 Å². The van der Waals surface area contributed by atoms with Crippen molar-refractivity contribution in [3.05, 3.63) is 47.2 Å². The zero-order valence-corrected chi connectivity index (χ0v) is 11.9. The maximum Gasteiger partial charge on any atom is 0.160 e. The van der Waals surface area contributed by atoms with E-state index in [-0.39, 0.29) is 0 Å². The fourth-order valence-electron chi connectivity index (χ4n) is 1.90. The van der Waals surface area contributed by atoms with E-state index in [1.165, 1.54) is 0 Å². The van der Waals surface area contributed by atoms with Crippen LogP contribution in [0.5, 0.6) is 0 Å². The van der Waals surface area contributed by atoms with Gasteiger partial charge < -0.3 is 4.42 Å². The van der Waals surface area contributed by atoms with Crippen LogP contribution in [0.4, 0.5) is 5.69 Å². The summed E-state index contributed by atoms with van der Waals surface area (Å²) in [5.74, 6) is 0.905. The number of para-hydroxylation sites is 1. The van der Waals surface area contributed by atoms with Gasteiger partial charge in [0.15, 0.2) is 5.58 Å². The number of hydrogen-bond acceptors (Lipinski definition) is 2. The van der Waals surface area contributed by atoms with Crippen molar-refractivity contribution in [1.82, 2.24) is 0 Å². The Morgan fingerprint density at radius 2 is 2.05 bits per heavy atom. The number of aliphatic imine (C=N–C) groups is 1. The van der Waals surface area contributed by atoms with Crippen molar-refractivity contribution >= 4 is 28.9 Å². The molecule has 0 unspecified atom stereocenters. The molecule has 0 amide bonds. The van der Waals surface area contributed by atoms with Gasteiger partial charge in [-0.05, 0) is 45.4 Å². The Morgan fingerprint density at radius 1 is 1.26 bits per heavy atom. The Bertz CT molecular complexity index is 672. The second kappa shape index (κ2) is 5.70. The molecule has 0 bridgehead atoms. The highest BCUT2D eigenvalue weighted by molar-refractivity contribution is 5.94. The first-order valence-electron chi connectivity index (χ1n) is 6.49. The lowest BCUT2D eigenvalue weighted by Crippen LogP contribution is -1.76. The van der Waals surface area contributed by atoms with Crippen molar-refractivity contribution in [3.63, 3.8) is 0 Å². The summed E-state index contributed by atoms with van der Waals surface area (Å²) in [6.07, 6.45) is 7.86. The number of allylic oxidation sites excluding steroid dienone is 3.